The second-order valence-corrected chi connectivity index (χ2v) is 7.73. The molecule has 4 aromatic rings. The van der Waals surface area contributed by atoms with E-state index in [0.717, 1.165) is 33.9 Å². The molecule has 2 aromatic carbocycles. The fourth-order valence-corrected chi connectivity index (χ4v) is 3.90. The van der Waals surface area contributed by atoms with Gasteiger partial charge in [0.25, 0.3) is 0 Å². The van der Waals surface area contributed by atoms with Crippen molar-refractivity contribution in [2.75, 3.05) is 12.4 Å². The van der Waals surface area contributed by atoms with Crippen LogP contribution in [0.2, 0.25) is 5.02 Å². The molecule has 7 heteroatoms. The number of nitrogens with one attached hydrogen (secondary N) is 1. The third-order valence-electron chi connectivity index (χ3n) is 5.27. The van der Waals surface area contributed by atoms with Gasteiger partial charge in [-0.15, -0.1) is 0 Å². The fraction of sp³-hybridized carbons (Fsp3) is 0.208. The molecule has 1 amide bonds. The molecule has 0 unspecified atom stereocenters. The molecular weight excluding hydrogens is 412 g/mol. The Hall–Kier alpha value is -3.38. The highest BCUT2D eigenvalue weighted by atomic mass is 35.5. The number of carbonyl (C=O) groups is 1. The number of aromatic nitrogens is 3. The van der Waals surface area contributed by atoms with E-state index >= 15 is 0 Å². The molecule has 158 valence electrons. The van der Waals surface area contributed by atoms with Crippen molar-refractivity contribution in [3.63, 3.8) is 0 Å². The quantitative estimate of drug-likeness (QED) is 0.450. The Labute approximate surface area is 185 Å². The second kappa shape index (κ2) is 8.78. The van der Waals surface area contributed by atoms with Crippen LogP contribution in [0.15, 0.2) is 54.6 Å². The minimum Gasteiger partial charge on any atom is -0.495 e. The van der Waals surface area contributed by atoms with E-state index in [1.165, 1.54) is 0 Å². The summed E-state index contributed by atoms with van der Waals surface area (Å²) in [6, 6.07) is 17.2. The molecule has 0 radical (unpaired) electrons. The Morgan fingerprint density at radius 3 is 2.61 bits per heavy atom. The van der Waals surface area contributed by atoms with Crippen LogP contribution in [0.1, 0.15) is 23.4 Å². The van der Waals surface area contributed by atoms with Gasteiger partial charge in [0.1, 0.15) is 5.75 Å². The SMILES string of the molecule is COc1ccc(NC(=O)CCc2c(C)nc3cc(-c4ccccc4)nn3c2C)cc1Cl. The van der Waals surface area contributed by atoms with Gasteiger partial charge in [-0.1, -0.05) is 41.9 Å². The second-order valence-electron chi connectivity index (χ2n) is 7.32. The number of ether oxygens (including phenoxy) is 1. The third kappa shape index (κ3) is 4.39. The van der Waals surface area contributed by atoms with E-state index < -0.39 is 0 Å². The standard InChI is InChI=1S/C24H23ClN4O2/c1-15-19(10-12-24(30)27-18-9-11-22(31-3)20(25)13-18)16(2)29-23(26-15)14-21(28-29)17-7-5-4-6-8-17/h4-9,11,13-14H,10,12H2,1-3H3,(H,27,30). The maximum atomic E-state index is 12.5. The smallest absolute Gasteiger partial charge is 0.224 e. The van der Waals surface area contributed by atoms with E-state index in [4.69, 9.17) is 26.4 Å². The van der Waals surface area contributed by atoms with Gasteiger partial charge >= 0.3 is 0 Å². The third-order valence-corrected chi connectivity index (χ3v) is 5.57. The van der Waals surface area contributed by atoms with E-state index in [0.29, 0.717) is 29.3 Å². The number of anilines is 1. The Bertz CT molecular complexity index is 1250. The summed E-state index contributed by atoms with van der Waals surface area (Å²) in [7, 11) is 1.55. The minimum atomic E-state index is -0.0921. The lowest BCUT2D eigenvalue weighted by molar-refractivity contribution is -0.116. The summed E-state index contributed by atoms with van der Waals surface area (Å²) in [6.07, 6.45) is 0.891. The van der Waals surface area contributed by atoms with E-state index in [9.17, 15) is 4.79 Å². The minimum absolute atomic E-state index is 0.0921. The summed E-state index contributed by atoms with van der Waals surface area (Å²) in [6.45, 7) is 3.98. The lowest BCUT2D eigenvalue weighted by Gasteiger charge is -2.11. The number of fused-ring (bicyclic) bond motifs is 1. The fourth-order valence-electron chi connectivity index (χ4n) is 3.64. The first-order valence-corrected chi connectivity index (χ1v) is 10.4. The molecule has 0 saturated carbocycles. The van der Waals surface area contributed by atoms with Gasteiger partial charge in [-0.05, 0) is 44.0 Å². The molecule has 0 fully saturated rings. The maximum absolute atomic E-state index is 12.5. The van der Waals surface area contributed by atoms with Crippen molar-refractivity contribution in [2.24, 2.45) is 0 Å². The van der Waals surface area contributed by atoms with Gasteiger partial charge in [0.05, 0.1) is 17.8 Å². The first-order chi connectivity index (χ1) is 15.0. The van der Waals surface area contributed by atoms with Crippen LogP contribution in [0.25, 0.3) is 16.9 Å². The van der Waals surface area contributed by atoms with Crippen molar-refractivity contribution >= 4 is 28.8 Å². The van der Waals surface area contributed by atoms with Gasteiger partial charge < -0.3 is 10.1 Å². The molecule has 2 heterocycles. The zero-order valence-corrected chi connectivity index (χ0v) is 18.4. The highest BCUT2D eigenvalue weighted by molar-refractivity contribution is 6.32. The Balaban J connectivity index is 1.51. The molecule has 0 spiro atoms. The Morgan fingerprint density at radius 2 is 1.90 bits per heavy atom. The lowest BCUT2D eigenvalue weighted by atomic mass is 10.1. The van der Waals surface area contributed by atoms with Crippen molar-refractivity contribution in [1.82, 2.24) is 14.6 Å². The Morgan fingerprint density at radius 1 is 1.13 bits per heavy atom. The monoisotopic (exact) mass is 434 g/mol. The molecule has 0 aliphatic rings. The van der Waals surface area contributed by atoms with Gasteiger partial charge in [0, 0.05) is 35.1 Å². The predicted octanol–water partition coefficient (Wildman–Crippen LogP) is 5.25. The summed E-state index contributed by atoms with van der Waals surface area (Å²) in [5, 5.41) is 8.07. The number of rotatable bonds is 6. The lowest BCUT2D eigenvalue weighted by Crippen LogP contribution is -2.14. The number of carbonyl (C=O) groups excluding carboxylic acids is 1. The molecule has 0 aliphatic carbocycles. The molecular formula is C24H23ClN4O2. The first-order valence-electron chi connectivity index (χ1n) is 10.0. The molecule has 1 N–H and O–H groups in total. The number of hydrogen-bond donors (Lipinski definition) is 1. The van der Waals surface area contributed by atoms with E-state index in [2.05, 4.69) is 5.32 Å². The molecule has 0 saturated heterocycles. The average molecular weight is 435 g/mol. The Kier molecular flexibility index (Phi) is 5.91. The molecule has 4 rings (SSSR count). The summed E-state index contributed by atoms with van der Waals surface area (Å²) in [4.78, 5) is 17.2. The summed E-state index contributed by atoms with van der Waals surface area (Å²) in [5.74, 6) is 0.477. The van der Waals surface area contributed by atoms with Crippen LogP contribution >= 0.6 is 11.6 Å². The van der Waals surface area contributed by atoms with Gasteiger partial charge in [-0.2, -0.15) is 5.10 Å². The molecule has 0 bridgehead atoms. The van der Waals surface area contributed by atoms with E-state index in [1.54, 1.807) is 25.3 Å². The number of nitrogens with zero attached hydrogens (tertiary/aromatic N) is 3. The highest BCUT2D eigenvalue weighted by Crippen LogP contribution is 2.27. The first kappa shape index (κ1) is 20.9. The van der Waals surface area contributed by atoms with Crippen molar-refractivity contribution in [3.05, 3.63) is 76.6 Å². The number of benzene rings is 2. The number of aryl methyl sites for hydroxylation is 2. The zero-order valence-electron chi connectivity index (χ0n) is 17.6. The molecule has 31 heavy (non-hydrogen) atoms. The van der Waals surface area contributed by atoms with Crippen LogP contribution in [-0.4, -0.2) is 27.6 Å². The summed E-state index contributed by atoms with van der Waals surface area (Å²) >= 11 is 6.13. The number of methoxy groups -OCH3 is 1. The maximum Gasteiger partial charge on any atom is 0.224 e. The van der Waals surface area contributed by atoms with Gasteiger partial charge in [0.15, 0.2) is 5.65 Å². The van der Waals surface area contributed by atoms with Crippen LogP contribution in [0.3, 0.4) is 0 Å². The van der Waals surface area contributed by atoms with Crippen molar-refractivity contribution in [3.8, 4) is 17.0 Å². The topological polar surface area (TPSA) is 68.5 Å². The van der Waals surface area contributed by atoms with Crippen LogP contribution in [0.4, 0.5) is 5.69 Å². The molecule has 6 nitrogen and oxygen atoms in total. The van der Waals surface area contributed by atoms with Gasteiger partial charge in [-0.3, -0.25) is 4.79 Å². The molecule has 2 aromatic heterocycles. The average Bonchev–Trinajstić information content (AvgIpc) is 3.18. The predicted molar refractivity (Wildman–Crippen MR) is 123 cm³/mol. The van der Waals surface area contributed by atoms with E-state index in [-0.39, 0.29) is 5.91 Å². The number of hydrogen-bond acceptors (Lipinski definition) is 4. The van der Waals surface area contributed by atoms with E-state index in [1.807, 2.05) is 54.8 Å². The van der Waals surface area contributed by atoms with Crippen molar-refractivity contribution < 1.29 is 9.53 Å². The number of amides is 1. The normalized spacial score (nSPS) is 11.0. The van der Waals surface area contributed by atoms with Gasteiger partial charge in [0.2, 0.25) is 5.91 Å². The van der Waals surface area contributed by atoms with Crippen molar-refractivity contribution in [2.45, 2.75) is 26.7 Å². The van der Waals surface area contributed by atoms with Crippen LogP contribution < -0.4 is 10.1 Å². The van der Waals surface area contributed by atoms with Crippen LogP contribution in [0.5, 0.6) is 5.75 Å². The van der Waals surface area contributed by atoms with Crippen molar-refractivity contribution in [1.29, 1.82) is 0 Å². The number of halogens is 1. The molecule has 0 atom stereocenters. The summed E-state index contributed by atoms with van der Waals surface area (Å²) in [5.41, 5.74) is 6.28. The zero-order chi connectivity index (χ0) is 22.0. The largest absolute Gasteiger partial charge is 0.495 e. The van der Waals surface area contributed by atoms with Crippen LogP contribution in [-0.2, 0) is 11.2 Å². The summed E-state index contributed by atoms with van der Waals surface area (Å²) < 4.78 is 6.99. The van der Waals surface area contributed by atoms with Crippen LogP contribution in [0, 0.1) is 13.8 Å². The van der Waals surface area contributed by atoms with Gasteiger partial charge in [-0.25, -0.2) is 9.50 Å². The highest BCUT2D eigenvalue weighted by Gasteiger charge is 2.14. The molecule has 0 aliphatic heterocycles.